The number of nitrogens with zero attached hydrogens (tertiary/aromatic N) is 2. The van der Waals surface area contributed by atoms with Crippen molar-refractivity contribution in [3.63, 3.8) is 0 Å². The lowest BCUT2D eigenvalue weighted by Gasteiger charge is -2.28. The van der Waals surface area contributed by atoms with Gasteiger partial charge in [0.25, 0.3) is 0 Å². The minimum absolute atomic E-state index is 0.181. The first-order valence-corrected chi connectivity index (χ1v) is 12.4. The van der Waals surface area contributed by atoms with E-state index < -0.39 is 79.7 Å². The molecule has 0 aliphatic heterocycles. The molecule has 2 N–H and O–H groups in total. The van der Waals surface area contributed by atoms with Gasteiger partial charge in [-0.2, -0.15) is 31.6 Å². The lowest BCUT2D eigenvalue weighted by molar-refractivity contribution is -0.160. The number of alkyl halides is 6. The molecule has 37 heavy (non-hydrogen) atoms. The number of halogens is 7. The molecule has 0 spiro atoms. The molecule has 7 nitrogen and oxygen atoms in total. The van der Waals surface area contributed by atoms with Crippen molar-refractivity contribution in [1.29, 1.82) is 5.26 Å². The van der Waals surface area contributed by atoms with Crippen LogP contribution in [0.5, 0.6) is 0 Å². The predicted octanol–water partition coefficient (Wildman–Crippen LogP) is 3.59. The highest BCUT2D eigenvalue weighted by molar-refractivity contribution is 7.90. The normalized spacial score (nSPS) is 16.9. The van der Waals surface area contributed by atoms with Crippen LogP contribution in [0.25, 0.3) is 0 Å². The zero-order valence-corrected chi connectivity index (χ0v) is 19.5. The third-order valence-corrected chi connectivity index (χ3v) is 7.14. The first kappa shape index (κ1) is 28.3. The average Bonchev–Trinajstić information content (AvgIpc) is 3.55. The lowest BCUT2D eigenvalue weighted by atomic mass is 10.0. The predicted molar refractivity (Wildman–Crippen MR) is 115 cm³/mol. The maximum atomic E-state index is 13.9. The van der Waals surface area contributed by atoms with Gasteiger partial charge in [-0.25, -0.2) is 12.8 Å². The van der Waals surface area contributed by atoms with Gasteiger partial charge < -0.3 is 5.32 Å². The number of amides is 1. The SMILES string of the molecule is N#CC1(NC(=O)[C@H](CS(=O)(=O)Cc2cnccc2C(F)(F)F)N[C@@H](c2ccc(F)cc2)C(F)(F)F)CC1. The summed E-state index contributed by atoms with van der Waals surface area (Å²) in [6.07, 6.45) is -8.20. The number of rotatable bonds is 9. The number of hydrogen-bond donors (Lipinski definition) is 2. The molecule has 1 aromatic carbocycles. The standard InChI is InChI=1S/C22H19F7N4O3S/c23-15-3-1-13(2-4-15)18(22(27,28)29)32-17(19(34)33-20(12-30)6-7-20)11-37(35,36)10-14-9-31-8-5-16(14)21(24,25)26/h1-5,8-9,17-18,32H,6-7,10-11H2,(H,33,34)/t17-,18-/m0/s1. The van der Waals surface area contributed by atoms with Crippen molar-refractivity contribution in [3.8, 4) is 6.07 Å². The average molecular weight is 552 g/mol. The third-order valence-electron chi connectivity index (χ3n) is 5.55. The number of pyridine rings is 1. The molecule has 15 heteroatoms. The highest BCUT2D eigenvalue weighted by atomic mass is 32.2. The van der Waals surface area contributed by atoms with Crippen LogP contribution in [0, 0.1) is 17.1 Å². The van der Waals surface area contributed by atoms with Crippen LogP contribution in [0.1, 0.15) is 35.6 Å². The van der Waals surface area contributed by atoms with Crippen LogP contribution in [0.15, 0.2) is 42.7 Å². The third kappa shape index (κ3) is 7.39. The second-order valence-electron chi connectivity index (χ2n) is 8.51. The molecule has 1 aromatic heterocycles. The largest absolute Gasteiger partial charge is 0.416 e. The van der Waals surface area contributed by atoms with E-state index in [0.717, 1.165) is 30.5 Å². The van der Waals surface area contributed by atoms with Crippen LogP contribution in [0.2, 0.25) is 0 Å². The molecule has 0 unspecified atom stereocenters. The van der Waals surface area contributed by atoms with Crippen molar-refractivity contribution in [2.45, 2.75) is 48.6 Å². The molecule has 3 rings (SSSR count). The topological polar surface area (TPSA) is 112 Å². The fraction of sp³-hybridized carbons (Fsp3) is 0.409. The van der Waals surface area contributed by atoms with Crippen LogP contribution in [0.4, 0.5) is 30.7 Å². The van der Waals surface area contributed by atoms with E-state index in [9.17, 15) is 49.2 Å². The summed E-state index contributed by atoms with van der Waals surface area (Å²) < 4.78 is 120. The monoisotopic (exact) mass is 552 g/mol. The number of hydrogen-bond acceptors (Lipinski definition) is 6. The Bertz CT molecular complexity index is 1290. The Labute approximate surface area is 206 Å². The second-order valence-corrected chi connectivity index (χ2v) is 10.6. The number of aromatic nitrogens is 1. The number of benzene rings is 1. The molecule has 1 aliphatic rings. The minimum atomic E-state index is -5.08. The Kier molecular flexibility index (Phi) is 7.85. The molecule has 0 radical (unpaired) electrons. The van der Waals surface area contributed by atoms with Crippen LogP contribution >= 0.6 is 0 Å². The Hall–Kier alpha value is -3.25. The summed E-state index contributed by atoms with van der Waals surface area (Å²) in [6, 6.07) is 0.599. The quantitative estimate of drug-likeness (QED) is 0.460. The van der Waals surface area contributed by atoms with Crippen LogP contribution < -0.4 is 10.6 Å². The number of carbonyl (C=O) groups is 1. The van der Waals surface area contributed by atoms with Crippen molar-refractivity contribution >= 4 is 15.7 Å². The molecule has 1 amide bonds. The molecule has 1 heterocycles. The highest BCUT2D eigenvalue weighted by Gasteiger charge is 2.48. The van der Waals surface area contributed by atoms with Gasteiger partial charge in [-0.3, -0.25) is 15.1 Å². The van der Waals surface area contributed by atoms with E-state index in [-0.39, 0.29) is 12.8 Å². The molecule has 1 saturated carbocycles. The molecule has 1 fully saturated rings. The summed E-state index contributed by atoms with van der Waals surface area (Å²) in [5.41, 5.74) is -3.98. The summed E-state index contributed by atoms with van der Waals surface area (Å²) in [7, 11) is -4.66. The summed E-state index contributed by atoms with van der Waals surface area (Å²) >= 11 is 0. The fourth-order valence-corrected chi connectivity index (χ4v) is 5.09. The molecular weight excluding hydrogens is 533 g/mol. The second kappa shape index (κ2) is 10.3. The first-order chi connectivity index (χ1) is 17.1. The maximum absolute atomic E-state index is 13.9. The maximum Gasteiger partial charge on any atom is 0.416 e. The van der Waals surface area contributed by atoms with Crippen LogP contribution in [0.3, 0.4) is 0 Å². The van der Waals surface area contributed by atoms with E-state index in [0.29, 0.717) is 12.3 Å². The van der Waals surface area contributed by atoms with Gasteiger partial charge in [-0.05, 0) is 42.2 Å². The number of carbonyl (C=O) groups excluding carboxylic acids is 1. The van der Waals surface area contributed by atoms with Crippen molar-refractivity contribution < 1.29 is 43.9 Å². The molecular formula is C22H19F7N4O3S. The van der Waals surface area contributed by atoms with Crippen molar-refractivity contribution in [2.75, 3.05) is 5.75 Å². The van der Waals surface area contributed by atoms with Gasteiger partial charge in [-0.15, -0.1) is 0 Å². The summed E-state index contributed by atoms with van der Waals surface area (Å²) in [6.45, 7) is 0. The van der Waals surface area contributed by atoms with Gasteiger partial charge in [0.2, 0.25) is 5.91 Å². The minimum Gasteiger partial charge on any atom is -0.336 e. The highest BCUT2D eigenvalue weighted by Crippen LogP contribution is 2.36. The number of sulfone groups is 1. The molecule has 0 bridgehead atoms. The van der Waals surface area contributed by atoms with E-state index in [4.69, 9.17) is 0 Å². The van der Waals surface area contributed by atoms with Gasteiger partial charge in [0, 0.05) is 12.4 Å². The first-order valence-electron chi connectivity index (χ1n) is 10.6. The van der Waals surface area contributed by atoms with Gasteiger partial charge >= 0.3 is 12.4 Å². The Morgan fingerprint density at radius 2 is 1.73 bits per heavy atom. The van der Waals surface area contributed by atoms with E-state index >= 15 is 0 Å². The number of nitrogens with one attached hydrogen (secondary N) is 2. The summed E-state index contributed by atoms with van der Waals surface area (Å²) in [5, 5.41) is 13.3. The lowest BCUT2D eigenvalue weighted by Crippen LogP contribution is -2.54. The molecule has 2 aromatic rings. The van der Waals surface area contributed by atoms with E-state index in [2.05, 4.69) is 10.3 Å². The van der Waals surface area contributed by atoms with Crippen LogP contribution in [-0.2, 0) is 26.6 Å². The van der Waals surface area contributed by atoms with Crippen molar-refractivity contribution in [1.82, 2.24) is 15.6 Å². The van der Waals surface area contributed by atoms with Gasteiger partial charge in [0.1, 0.15) is 23.4 Å². The fourth-order valence-electron chi connectivity index (χ4n) is 3.52. The Morgan fingerprint density at radius 3 is 2.24 bits per heavy atom. The van der Waals surface area contributed by atoms with Gasteiger partial charge in [-0.1, -0.05) is 12.1 Å². The molecule has 0 saturated heterocycles. The zero-order chi connectivity index (χ0) is 27.6. The Morgan fingerprint density at radius 1 is 1.11 bits per heavy atom. The van der Waals surface area contributed by atoms with Crippen LogP contribution in [-0.4, -0.2) is 42.8 Å². The van der Waals surface area contributed by atoms with Gasteiger partial charge in [0.05, 0.1) is 23.1 Å². The molecule has 1 aliphatic carbocycles. The zero-order valence-electron chi connectivity index (χ0n) is 18.7. The van der Waals surface area contributed by atoms with E-state index in [1.807, 2.05) is 5.32 Å². The summed E-state index contributed by atoms with van der Waals surface area (Å²) in [5.74, 6) is -4.71. The molecule has 2 atom stereocenters. The van der Waals surface area contributed by atoms with Crippen molar-refractivity contribution in [3.05, 3.63) is 65.2 Å². The summed E-state index contributed by atoms with van der Waals surface area (Å²) in [4.78, 5) is 16.3. The van der Waals surface area contributed by atoms with E-state index in [1.165, 1.54) is 0 Å². The smallest absolute Gasteiger partial charge is 0.336 e. The van der Waals surface area contributed by atoms with Gasteiger partial charge in [0.15, 0.2) is 9.84 Å². The van der Waals surface area contributed by atoms with E-state index in [1.54, 1.807) is 6.07 Å². The molecule has 200 valence electrons. The Balaban J connectivity index is 1.94. The van der Waals surface area contributed by atoms with Crippen molar-refractivity contribution in [2.24, 2.45) is 0 Å². The number of nitriles is 1.